The summed E-state index contributed by atoms with van der Waals surface area (Å²) in [4.78, 5) is 24.8. The number of carboxylic acids is 1. The average molecular weight is 421 g/mol. The predicted molar refractivity (Wildman–Crippen MR) is 84.3 cm³/mol. The van der Waals surface area contributed by atoms with Crippen molar-refractivity contribution in [2.45, 2.75) is 25.3 Å². The number of aliphatic carboxylic acids is 1. The van der Waals surface area contributed by atoms with E-state index < -0.39 is 12.0 Å². The van der Waals surface area contributed by atoms with Crippen LogP contribution in [-0.4, -0.2) is 41.1 Å². The summed E-state index contributed by atoms with van der Waals surface area (Å²) in [6.45, 7) is 0.310. The lowest BCUT2D eigenvalue weighted by atomic mass is 10.0. The van der Waals surface area contributed by atoms with Gasteiger partial charge in [0, 0.05) is 11.0 Å². The molecule has 0 unspecified atom stereocenters. The molecule has 1 heterocycles. The molecule has 5 nitrogen and oxygen atoms in total. The van der Waals surface area contributed by atoms with Gasteiger partial charge in [0.05, 0.1) is 4.47 Å². The molecule has 1 aliphatic heterocycles. The van der Waals surface area contributed by atoms with Gasteiger partial charge in [-0.1, -0.05) is 15.9 Å². The topological polar surface area (TPSA) is 66.8 Å². The maximum atomic E-state index is 12.2. The van der Waals surface area contributed by atoms with Crippen molar-refractivity contribution >= 4 is 43.7 Å². The van der Waals surface area contributed by atoms with Gasteiger partial charge in [0.1, 0.15) is 11.8 Å². The van der Waals surface area contributed by atoms with E-state index in [0.29, 0.717) is 18.7 Å². The molecule has 1 saturated heterocycles. The number of hydrogen-bond donors (Lipinski definition) is 1. The molecule has 1 amide bonds. The maximum Gasteiger partial charge on any atom is 0.326 e. The zero-order chi connectivity index (χ0) is 15.4. The molecule has 1 aromatic rings. The second-order valence-corrected chi connectivity index (χ2v) is 6.57. The van der Waals surface area contributed by atoms with E-state index in [9.17, 15) is 14.7 Å². The summed E-state index contributed by atoms with van der Waals surface area (Å²) < 4.78 is 7.12. The quantitative estimate of drug-likeness (QED) is 0.812. The Balaban J connectivity index is 1.98. The summed E-state index contributed by atoms with van der Waals surface area (Å²) in [5.41, 5.74) is 0. The van der Waals surface area contributed by atoms with E-state index >= 15 is 0 Å². The van der Waals surface area contributed by atoms with Gasteiger partial charge in [-0.05, 0) is 53.4 Å². The number of piperidine rings is 1. The van der Waals surface area contributed by atoms with Crippen LogP contribution in [0.3, 0.4) is 0 Å². The van der Waals surface area contributed by atoms with Crippen molar-refractivity contribution in [3.05, 3.63) is 27.1 Å². The molecule has 0 aliphatic carbocycles. The molecular weight excluding hydrogens is 406 g/mol. The van der Waals surface area contributed by atoms with Gasteiger partial charge >= 0.3 is 5.97 Å². The Bertz CT molecular complexity index is 550. The lowest BCUT2D eigenvalue weighted by Crippen LogP contribution is -2.49. The van der Waals surface area contributed by atoms with Gasteiger partial charge < -0.3 is 14.7 Å². The van der Waals surface area contributed by atoms with Gasteiger partial charge in [0.2, 0.25) is 0 Å². The van der Waals surface area contributed by atoms with Crippen molar-refractivity contribution in [1.29, 1.82) is 0 Å². The summed E-state index contributed by atoms with van der Waals surface area (Å²) in [7, 11) is 0. The second kappa shape index (κ2) is 7.26. The summed E-state index contributed by atoms with van der Waals surface area (Å²) >= 11 is 6.69. The van der Waals surface area contributed by atoms with Gasteiger partial charge in [0.25, 0.3) is 5.91 Å². The zero-order valence-corrected chi connectivity index (χ0v) is 14.4. The molecule has 1 atom stereocenters. The first kappa shape index (κ1) is 16.3. The highest BCUT2D eigenvalue weighted by Gasteiger charge is 2.31. The van der Waals surface area contributed by atoms with Crippen molar-refractivity contribution in [2.75, 3.05) is 13.2 Å². The van der Waals surface area contributed by atoms with Crippen molar-refractivity contribution in [1.82, 2.24) is 4.90 Å². The smallest absolute Gasteiger partial charge is 0.326 e. The average Bonchev–Trinajstić information content (AvgIpc) is 2.46. The van der Waals surface area contributed by atoms with Crippen LogP contribution in [0.4, 0.5) is 0 Å². The molecule has 0 saturated carbocycles. The van der Waals surface area contributed by atoms with Crippen LogP contribution in [0.2, 0.25) is 0 Å². The number of rotatable bonds is 4. The van der Waals surface area contributed by atoms with E-state index in [4.69, 9.17) is 4.74 Å². The van der Waals surface area contributed by atoms with E-state index in [1.807, 2.05) is 12.1 Å². The number of likely N-dealkylation sites (tertiary alicyclic amines) is 1. The number of hydrogen-bond acceptors (Lipinski definition) is 3. The lowest BCUT2D eigenvalue weighted by molar-refractivity contribution is -0.152. The number of halogens is 2. The highest BCUT2D eigenvalue weighted by molar-refractivity contribution is 9.11. The van der Waals surface area contributed by atoms with E-state index in [1.165, 1.54) is 4.90 Å². The van der Waals surface area contributed by atoms with Crippen LogP contribution in [-0.2, 0) is 9.59 Å². The monoisotopic (exact) mass is 419 g/mol. The van der Waals surface area contributed by atoms with Gasteiger partial charge in [-0.25, -0.2) is 4.79 Å². The van der Waals surface area contributed by atoms with Crippen LogP contribution < -0.4 is 4.74 Å². The predicted octanol–water partition coefficient (Wildman–Crippen LogP) is 3.06. The first-order valence-electron chi connectivity index (χ1n) is 6.59. The summed E-state index contributed by atoms with van der Waals surface area (Å²) in [5.74, 6) is -0.694. The van der Waals surface area contributed by atoms with E-state index in [0.717, 1.165) is 21.8 Å². The Labute approximate surface area is 139 Å². The van der Waals surface area contributed by atoms with Gasteiger partial charge in [-0.2, -0.15) is 0 Å². The molecule has 114 valence electrons. The molecule has 1 fully saturated rings. The zero-order valence-electron chi connectivity index (χ0n) is 11.2. The number of carboxylic acid groups (broad SMARTS) is 1. The molecule has 0 spiro atoms. The maximum absolute atomic E-state index is 12.2. The van der Waals surface area contributed by atoms with Crippen molar-refractivity contribution in [3.63, 3.8) is 0 Å². The standard InChI is InChI=1S/C14H15Br2NO4/c15-9-4-5-12(10(16)7-9)21-8-13(18)17-6-2-1-3-11(17)14(19)20/h4-5,7,11H,1-3,6,8H2,(H,19,20)/t11-/m1/s1. The number of carbonyl (C=O) groups is 2. The van der Waals surface area contributed by atoms with E-state index in [1.54, 1.807) is 6.07 Å². The van der Waals surface area contributed by atoms with Crippen LogP contribution in [0.1, 0.15) is 19.3 Å². The molecule has 1 N–H and O–H groups in total. The molecule has 0 bridgehead atoms. The van der Waals surface area contributed by atoms with E-state index in [-0.39, 0.29) is 12.5 Å². The lowest BCUT2D eigenvalue weighted by Gasteiger charge is -2.32. The van der Waals surface area contributed by atoms with Crippen LogP contribution in [0, 0.1) is 0 Å². The third-order valence-corrected chi connectivity index (χ3v) is 4.47. The Morgan fingerprint density at radius 1 is 1.33 bits per heavy atom. The minimum atomic E-state index is -0.951. The van der Waals surface area contributed by atoms with Crippen LogP contribution >= 0.6 is 31.9 Å². The molecule has 1 aromatic carbocycles. The SMILES string of the molecule is O=C(O)[C@H]1CCCCN1C(=O)COc1ccc(Br)cc1Br. The molecule has 0 aromatic heterocycles. The normalized spacial score (nSPS) is 18.4. The Morgan fingerprint density at radius 2 is 2.10 bits per heavy atom. The Kier molecular flexibility index (Phi) is 5.64. The highest BCUT2D eigenvalue weighted by Crippen LogP contribution is 2.28. The fraction of sp³-hybridized carbons (Fsp3) is 0.429. The molecule has 2 rings (SSSR count). The minimum absolute atomic E-state index is 0.163. The fourth-order valence-electron chi connectivity index (χ4n) is 2.30. The summed E-state index contributed by atoms with van der Waals surface area (Å²) in [6, 6.07) is 4.64. The first-order chi connectivity index (χ1) is 9.99. The largest absolute Gasteiger partial charge is 0.483 e. The van der Waals surface area contributed by atoms with Crippen LogP contribution in [0.25, 0.3) is 0 Å². The summed E-state index contributed by atoms with van der Waals surface area (Å²) in [5, 5.41) is 9.17. The molecule has 7 heteroatoms. The number of carbonyl (C=O) groups excluding carboxylic acids is 1. The van der Waals surface area contributed by atoms with Crippen molar-refractivity contribution in [2.24, 2.45) is 0 Å². The summed E-state index contributed by atoms with van der Waals surface area (Å²) in [6.07, 6.45) is 2.17. The molecular formula is C14H15Br2NO4. The Hall–Kier alpha value is -1.08. The van der Waals surface area contributed by atoms with Crippen LogP contribution in [0.5, 0.6) is 5.75 Å². The molecule has 21 heavy (non-hydrogen) atoms. The Morgan fingerprint density at radius 3 is 2.76 bits per heavy atom. The van der Waals surface area contributed by atoms with Gasteiger partial charge in [-0.15, -0.1) is 0 Å². The van der Waals surface area contributed by atoms with Crippen molar-refractivity contribution < 1.29 is 19.4 Å². The third-order valence-electron chi connectivity index (χ3n) is 3.35. The molecule has 0 radical (unpaired) electrons. The number of nitrogens with zero attached hydrogens (tertiary/aromatic N) is 1. The number of benzene rings is 1. The number of ether oxygens (including phenoxy) is 1. The molecule has 1 aliphatic rings. The number of amides is 1. The highest BCUT2D eigenvalue weighted by atomic mass is 79.9. The third kappa shape index (κ3) is 4.20. The van der Waals surface area contributed by atoms with Gasteiger partial charge in [0.15, 0.2) is 6.61 Å². The fourth-order valence-corrected chi connectivity index (χ4v) is 3.46. The van der Waals surface area contributed by atoms with Gasteiger partial charge in [-0.3, -0.25) is 4.79 Å². The second-order valence-electron chi connectivity index (χ2n) is 4.80. The van der Waals surface area contributed by atoms with Crippen LogP contribution in [0.15, 0.2) is 27.1 Å². The first-order valence-corrected chi connectivity index (χ1v) is 8.18. The minimum Gasteiger partial charge on any atom is -0.483 e. The van der Waals surface area contributed by atoms with E-state index in [2.05, 4.69) is 31.9 Å². The van der Waals surface area contributed by atoms with Crippen molar-refractivity contribution in [3.8, 4) is 5.75 Å².